The zero-order valence-corrected chi connectivity index (χ0v) is 12.4. The SMILES string of the molecule is CNCc1cc(C)ccc1OCC(C)CC(C)C. The second-order valence-electron chi connectivity index (χ2n) is 5.69. The molecule has 0 saturated carbocycles. The molecule has 2 heteroatoms. The lowest BCUT2D eigenvalue weighted by Gasteiger charge is -2.17. The van der Waals surface area contributed by atoms with E-state index in [0.717, 1.165) is 24.8 Å². The molecule has 0 bridgehead atoms. The molecule has 102 valence electrons. The molecule has 0 amide bonds. The Kier molecular flexibility index (Phi) is 6.20. The van der Waals surface area contributed by atoms with Gasteiger partial charge in [0.1, 0.15) is 5.75 Å². The molecule has 1 N–H and O–H groups in total. The zero-order chi connectivity index (χ0) is 13.5. The Morgan fingerprint density at radius 2 is 1.94 bits per heavy atom. The molecule has 0 spiro atoms. The highest BCUT2D eigenvalue weighted by molar-refractivity contribution is 5.36. The molecule has 1 aromatic rings. The topological polar surface area (TPSA) is 21.3 Å². The van der Waals surface area contributed by atoms with Crippen LogP contribution in [-0.2, 0) is 6.54 Å². The van der Waals surface area contributed by atoms with Gasteiger partial charge in [0.2, 0.25) is 0 Å². The fourth-order valence-electron chi connectivity index (χ4n) is 2.28. The fraction of sp³-hybridized carbons (Fsp3) is 0.625. The van der Waals surface area contributed by atoms with E-state index in [4.69, 9.17) is 4.74 Å². The predicted molar refractivity (Wildman–Crippen MR) is 78.1 cm³/mol. The number of ether oxygens (including phenoxy) is 1. The van der Waals surface area contributed by atoms with E-state index in [0.29, 0.717) is 5.92 Å². The van der Waals surface area contributed by atoms with E-state index in [1.165, 1.54) is 17.5 Å². The molecule has 0 aromatic heterocycles. The Balaban J connectivity index is 2.60. The number of hydrogen-bond acceptors (Lipinski definition) is 2. The minimum absolute atomic E-state index is 0.605. The number of nitrogens with one attached hydrogen (secondary N) is 1. The van der Waals surface area contributed by atoms with Crippen LogP contribution in [0.25, 0.3) is 0 Å². The van der Waals surface area contributed by atoms with Gasteiger partial charge in [-0.25, -0.2) is 0 Å². The Labute approximate surface area is 112 Å². The molecule has 1 aromatic carbocycles. The Bertz CT molecular complexity index is 360. The second-order valence-corrected chi connectivity index (χ2v) is 5.69. The van der Waals surface area contributed by atoms with Gasteiger partial charge in [-0.2, -0.15) is 0 Å². The van der Waals surface area contributed by atoms with Gasteiger partial charge in [-0.3, -0.25) is 0 Å². The lowest BCUT2D eigenvalue weighted by Crippen LogP contribution is -2.13. The average Bonchev–Trinajstić information content (AvgIpc) is 2.27. The van der Waals surface area contributed by atoms with E-state index in [2.05, 4.69) is 51.2 Å². The molecule has 0 aliphatic carbocycles. The van der Waals surface area contributed by atoms with Crippen molar-refractivity contribution in [1.29, 1.82) is 0 Å². The first-order valence-corrected chi connectivity index (χ1v) is 6.89. The van der Waals surface area contributed by atoms with Gasteiger partial charge >= 0.3 is 0 Å². The third kappa shape index (κ3) is 5.09. The van der Waals surface area contributed by atoms with E-state index < -0.39 is 0 Å². The Morgan fingerprint density at radius 3 is 2.56 bits per heavy atom. The van der Waals surface area contributed by atoms with Gasteiger partial charge in [-0.15, -0.1) is 0 Å². The van der Waals surface area contributed by atoms with Gasteiger partial charge < -0.3 is 10.1 Å². The van der Waals surface area contributed by atoms with Gasteiger partial charge in [-0.1, -0.05) is 38.5 Å². The second kappa shape index (κ2) is 7.42. The van der Waals surface area contributed by atoms with Crippen LogP contribution in [0.3, 0.4) is 0 Å². The smallest absolute Gasteiger partial charge is 0.123 e. The zero-order valence-electron chi connectivity index (χ0n) is 12.4. The summed E-state index contributed by atoms with van der Waals surface area (Å²) in [5, 5.41) is 3.19. The first-order chi connectivity index (χ1) is 8.52. The lowest BCUT2D eigenvalue weighted by atomic mass is 10.00. The van der Waals surface area contributed by atoms with Gasteiger partial charge in [0.25, 0.3) is 0 Å². The molecular weight excluding hydrogens is 222 g/mol. The molecule has 1 unspecified atom stereocenters. The summed E-state index contributed by atoms with van der Waals surface area (Å²) in [7, 11) is 1.97. The normalized spacial score (nSPS) is 12.8. The molecule has 1 atom stereocenters. The quantitative estimate of drug-likeness (QED) is 0.794. The number of aryl methyl sites for hydroxylation is 1. The molecule has 0 aliphatic heterocycles. The predicted octanol–water partition coefficient (Wildman–Crippen LogP) is 3.78. The molecule has 0 heterocycles. The maximum absolute atomic E-state index is 5.97. The van der Waals surface area contributed by atoms with Crippen molar-refractivity contribution in [3.63, 3.8) is 0 Å². The van der Waals surface area contributed by atoms with Crippen LogP contribution in [0.15, 0.2) is 18.2 Å². The first kappa shape index (κ1) is 15.0. The van der Waals surface area contributed by atoms with Crippen molar-refractivity contribution >= 4 is 0 Å². The number of rotatable bonds is 7. The average molecular weight is 249 g/mol. The maximum Gasteiger partial charge on any atom is 0.123 e. The van der Waals surface area contributed by atoms with E-state index >= 15 is 0 Å². The van der Waals surface area contributed by atoms with Crippen LogP contribution < -0.4 is 10.1 Å². The van der Waals surface area contributed by atoms with Crippen molar-refractivity contribution in [2.75, 3.05) is 13.7 Å². The van der Waals surface area contributed by atoms with E-state index in [1.54, 1.807) is 0 Å². The minimum Gasteiger partial charge on any atom is -0.493 e. The molecule has 2 nitrogen and oxygen atoms in total. The molecule has 1 rings (SSSR count). The standard InChI is InChI=1S/C16H27NO/c1-12(2)8-14(4)11-18-16-7-6-13(3)9-15(16)10-17-5/h6-7,9,12,14,17H,8,10-11H2,1-5H3. The minimum atomic E-state index is 0.605. The van der Waals surface area contributed by atoms with Gasteiger partial charge in [-0.05, 0) is 38.3 Å². The van der Waals surface area contributed by atoms with Crippen LogP contribution >= 0.6 is 0 Å². The van der Waals surface area contributed by atoms with Crippen LogP contribution in [-0.4, -0.2) is 13.7 Å². The van der Waals surface area contributed by atoms with Crippen molar-refractivity contribution < 1.29 is 4.74 Å². The molecular formula is C16H27NO. The highest BCUT2D eigenvalue weighted by Crippen LogP contribution is 2.21. The summed E-state index contributed by atoms with van der Waals surface area (Å²) in [6.45, 7) is 10.5. The van der Waals surface area contributed by atoms with Gasteiger partial charge in [0, 0.05) is 12.1 Å². The van der Waals surface area contributed by atoms with E-state index in [9.17, 15) is 0 Å². The third-order valence-corrected chi connectivity index (χ3v) is 2.98. The van der Waals surface area contributed by atoms with Crippen LogP contribution in [0.4, 0.5) is 0 Å². The third-order valence-electron chi connectivity index (χ3n) is 2.98. The van der Waals surface area contributed by atoms with Crippen LogP contribution in [0.2, 0.25) is 0 Å². The van der Waals surface area contributed by atoms with Gasteiger partial charge in [0.05, 0.1) is 6.61 Å². The van der Waals surface area contributed by atoms with Crippen molar-refractivity contribution in [1.82, 2.24) is 5.32 Å². The van der Waals surface area contributed by atoms with Crippen molar-refractivity contribution in [2.24, 2.45) is 11.8 Å². The van der Waals surface area contributed by atoms with Crippen LogP contribution in [0.1, 0.15) is 38.3 Å². The molecule has 0 radical (unpaired) electrons. The fourth-order valence-corrected chi connectivity index (χ4v) is 2.28. The first-order valence-electron chi connectivity index (χ1n) is 6.89. The summed E-state index contributed by atoms with van der Waals surface area (Å²) >= 11 is 0. The molecule has 0 fully saturated rings. The summed E-state index contributed by atoms with van der Waals surface area (Å²) in [4.78, 5) is 0. The molecule has 0 aliphatic rings. The lowest BCUT2D eigenvalue weighted by molar-refractivity contribution is 0.237. The summed E-state index contributed by atoms with van der Waals surface area (Å²) < 4.78 is 5.97. The molecule has 0 saturated heterocycles. The summed E-state index contributed by atoms with van der Waals surface area (Å²) in [6, 6.07) is 6.39. The summed E-state index contributed by atoms with van der Waals surface area (Å²) in [5.74, 6) is 2.36. The van der Waals surface area contributed by atoms with Crippen molar-refractivity contribution in [3.05, 3.63) is 29.3 Å². The largest absolute Gasteiger partial charge is 0.493 e. The van der Waals surface area contributed by atoms with Gasteiger partial charge in [0.15, 0.2) is 0 Å². The maximum atomic E-state index is 5.97. The monoisotopic (exact) mass is 249 g/mol. The number of benzene rings is 1. The highest BCUT2D eigenvalue weighted by atomic mass is 16.5. The van der Waals surface area contributed by atoms with Crippen LogP contribution in [0.5, 0.6) is 5.75 Å². The molecule has 18 heavy (non-hydrogen) atoms. The summed E-state index contributed by atoms with van der Waals surface area (Å²) in [5.41, 5.74) is 2.53. The van der Waals surface area contributed by atoms with Crippen LogP contribution in [0, 0.1) is 18.8 Å². The Hall–Kier alpha value is -1.02. The number of hydrogen-bond donors (Lipinski definition) is 1. The van der Waals surface area contributed by atoms with Crippen molar-refractivity contribution in [3.8, 4) is 5.75 Å². The van der Waals surface area contributed by atoms with Crippen molar-refractivity contribution in [2.45, 2.75) is 40.7 Å². The highest BCUT2D eigenvalue weighted by Gasteiger charge is 2.08. The van der Waals surface area contributed by atoms with E-state index in [-0.39, 0.29) is 0 Å². The Morgan fingerprint density at radius 1 is 1.22 bits per heavy atom. The van der Waals surface area contributed by atoms with E-state index in [1.807, 2.05) is 7.05 Å². The summed E-state index contributed by atoms with van der Waals surface area (Å²) in [6.07, 6.45) is 1.22.